The summed E-state index contributed by atoms with van der Waals surface area (Å²) in [5, 5.41) is 14.1. The minimum atomic E-state index is -0.454. The van der Waals surface area contributed by atoms with E-state index in [4.69, 9.17) is 0 Å². The zero-order chi connectivity index (χ0) is 18.6. The predicted molar refractivity (Wildman–Crippen MR) is 100 cm³/mol. The fraction of sp³-hybridized carbons (Fsp3) is 0.350. The third kappa shape index (κ3) is 4.44. The monoisotopic (exact) mass is 340 g/mol. The number of nitro groups is 1. The van der Waals surface area contributed by atoms with Crippen molar-refractivity contribution in [1.82, 2.24) is 0 Å². The van der Waals surface area contributed by atoms with Gasteiger partial charge in [-0.2, -0.15) is 0 Å². The summed E-state index contributed by atoms with van der Waals surface area (Å²) in [6.07, 6.45) is -0.0267. The normalized spacial score (nSPS) is 11.0. The molecule has 0 atom stereocenters. The number of carbonyl (C=O) groups excluding carboxylic acids is 1. The third-order valence-electron chi connectivity index (χ3n) is 4.18. The average Bonchev–Trinajstić information content (AvgIpc) is 2.54. The van der Waals surface area contributed by atoms with Crippen LogP contribution in [0.15, 0.2) is 42.5 Å². The van der Waals surface area contributed by atoms with E-state index in [1.54, 1.807) is 18.2 Å². The molecular formula is C20H24N2O3. The van der Waals surface area contributed by atoms with Crippen LogP contribution >= 0.6 is 0 Å². The summed E-state index contributed by atoms with van der Waals surface area (Å²) in [5.41, 5.74) is 3.36. The van der Waals surface area contributed by atoms with Crippen molar-refractivity contribution in [3.63, 3.8) is 0 Å². The molecule has 2 aromatic rings. The van der Waals surface area contributed by atoms with Crippen LogP contribution in [0.2, 0.25) is 0 Å². The molecule has 2 aromatic carbocycles. The number of hydrogen-bond donors (Lipinski definition) is 1. The first kappa shape index (κ1) is 18.6. The Labute approximate surface area is 148 Å². The number of amides is 1. The molecular weight excluding hydrogens is 316 g/mol. The van der Waals surface area contributed by atoms with Crippen molar-refractivity contribution in [1.29, 1.82) is 0 Å². The first-order chi connectivity index (χ1) is 11.8. The molecule has 5 nitrogen and oxygen atoms in total. The van der Waals surface area contributed by atoms with Crippen LogP contribution in [0.25, 0.3) is 0 Å². The maximum atomic E-state index is 12.6. The van der Waals surface area contributed by atoms with E-state index in [0.29, 0.717) is 5.56 Å². The summed E-state index contributed by atoms with van der Waals surface area (Å²) in [5.74, 6) is 0.282. The lowest BCUT2D eigenvalue weighted by molar-refractivity contribution is -0.385. The van der Waals surface area contributed by atoms with E-state index >= 15 is 0 Å². The number of nitro benzene ring substituents is 1. The zero-order valence-corrected chi connectivity index (χ0v) is 15.1. The minimum absolute atomic E-state index is 0.0267. The van der Waals surface area contributed by atoms with E-state index in [0.717, 1.165) is 16.8 Å². The SMILES string of the molecule is CC(C)c1cccc(C(C)C)c1NC(=O)Cc1ccccc1[N+](=O)[O-]. The molecule has 0 unspecified atom stereocenters. The van der Waals surface area contributed by atoms with Crippen molar-refractivity contribution in [3.8, 4) is 0 Å². The number of nitrogens with one attached hydrogen (secondary N) is 1. The van der Waals surface area contributed by atoms with Crippen molar-refractivity contribution in [3.05, 3.63) is 69.3 Å². The lowest BCUT2D eigenvalue weighted by Crippen LogP contribution is -2.18. The van der Waals surface area contributed by atoms with Crippen LogP contribution in [-0.2, 0) is 11.2 Å². The van der Waals surface area contributed by atoms with Gasteiger partial charge in [0.15, 0.2) is 0 Å². The molecule has 0 radical (unpaired) electrons. The van der Waals surface area contributed by atoms with Crippen LogP contribution in [0.3, 0.4) is 0 Å². The summed E-state index contributed by atoms with van der Waals surface area (Å²) >= 11 is 0. The van der Waals surface area contributed by atoms with Gasteiger partial charge in [-0.15, -0.1) is 0 Å². The molecule has 0 spiro atoms. The number of nitrogens with zero attached hydrogens (tertiary/aromatic N) is 1. The molecule has 1 N–H and O–H groups in total. The van der Waals surface area contributed by atoms with E-state index in [-0.39, 0.29) is 29.9 Å². The molecule has 0 aromatic heterocycles. The van der Waals surface area contributed by atoms with E-state index in [1.807, 2.05) is 18.2 Å². The molecule has 0 bridgehead atoms. The van der Waals surface area contributed by atoms with Crippen LogP contribution in [0, 0.1) is 10.1 Å². The number of rotatable bonds is 6. The Kier molecular flexibility index (Phi) is 5.91. The summed E-state index contributed by atoms with van der Waals surface area (Å²) in [6.45, 7) is 8.32. The summed E-state index contributed by atoms with van der Waals surface area (Å²) in [4.78, 5) is 23.2. The quantitative estimate of drug-likeness (QED) is 0.592. The van der Waals surface area contributed by atoms with Gasteiger partial charge in [-0.3, -0.25) is 14.9 Å². The van der Waals surface area contributed by atoms with E-state index in [1.165, 1.54) is 6.07 Å². The van der Waals surface area contributed by atoms with Crippen molar-refractivity contribution in [2.45, 2.75) is 46.0 Å². The van der Waals surface area contributed by atoms with Gasteiger partial charge in [0.25, 0.3) is 5.69 Å². The smallest absolute Gasteiger partial charge is 0.273 e. The molecule has 2 rings (SSSR count). The summed E-state index contributed by atoms with van der Waals surface area (Å²) in [7, 11) is 0. The highest BCUT2D eigenvalue weighted by molar-refractivity contribution is 5.94. The fourth-order valence-electron chi connectivity index (χ4n) is 2.89. The Balaban J connectivity index is 2.31. The van der Waals surface area contributed by atoms with Gasteiger partial charge in [-0.1, -0.05) is 64.1 Å². The molecule has 132 valence electrons. The highest BCUT2D eigenvalue weighted by atomic mass is 16.6. The Morgan fingerprint density at radius 2 is 1.56 bits per heavy atom. The second-order valence-electron chi connectivity index (χ2n) is 6.73. The first-order valence-corrected chi connectivity index (χ1v) is 8.46. The average molecular weight is 340 g/mol. The van der Waals surface area contributed by atoms with Gasteiger partial charge in [0, 0.05) is 17.3 Å². The van der Waals surface area contributed by atoms with Gasteiger partial charge in [0.2, 0.25) is 5.91 Å². The Hall–Kier alpha value is -2.69. The van der Waals surface area contributed by atoms with Crippen LogP contribution in [0.4, 0.5) is 11.4 Å². The van der Waals surface area contributed by atoms with Crippen molar-refractivity contribution in [2.75, 3.05) is 5.32 Å². The molecule has 5 heteroatoms. The number of anilines is 1. The van der Waals surface area contributed by atoms with Gasteiger partial charge >= 0.3 is 0 Å². The molecule has 25 heavy (non-hydrogen) atoms. The van der Waals surface area contributed by atoms with Crippen LogP contribution in [0.5, 0.6) is 0 Å². The molecule has 0 aliphatic rings. The highest BCUT2D eigenvalue weighted by Crippen LogP contribution is 2.32. The molecule has 1 amide bonds. The number of carbonyl (C=O) groups is 1. The van der Waals surface area contributed by atoms with Crippen LogP contribution < -0.4 is 5.32 Å². The van der Waals surface area contributed by atoms with E-state index < -0.39 is 4.92 Å². The predicted octanol–water partition coefficient (Wildman–Crippen LogP) is 5.02. The largest absolute Gasteiger partial charge is 0.325 e. The maximum Gasteiger partial charge on any atom is 0.273 e. The van der Waals surface area contributed by atoms with E-state index in [9.17, 15) is 14.9 Å². The number of para-hydroxylation sites is 2. The molecule has 0 aliphatic heterocycles. The molecule has 0 saturated heterocycles. The Morgan fingerprint density at radius 3 is 2.08 bits per heavy atom. The second kappa shape index (κ2) is 7.92. The molecule has 0 saturated carbocycles. The van der Waals surface area contributed by atoms with Crippen molar-refractivity contribution < 1.29 is 9.72 Å². The zero-order valence-electron chi connectivity index (χ0n) is 15.1. The summed E-state index contributed by atoms with van der Waals surface area (Å²) in [6, 6.07) is 12.4. The van der Waals surface area contributed by atoms with E-state index in [2.05, 4.69) is 33.0 Å². The van der Waals surface area contributed by atoms with Crippen molar-refractivity contribution in [2.24, 2.45) is 0 Å². The first-order valence-electron chi connectivity index (χ1n) is 8.46. The fourth-order valence-corrected chi connectivity index (χ4v) is 2.89. The van der Waals surface area contributed by atoms with Gasteiger partial charge in [0.1, 0.15) is 0 Å². The standard InChI is InChI=1S/C20H24N2O3/c1-13(2)16-9-7-10-17(14(3)4)20(16)21-19(23)12-15-8-5-6-11-18(15)22(24)25/h5-11,13-14H,12H2,1-4H3,(H,21,23). The molecule has 0 fully saturated rings. The van der Waals surface area contributed by atoms with Gasteiger partial charge in [-0.05, 0) is 23.0 Å². The van der Waals surface area contributed by atoms with Crippen molar-refractivity contribution >= 4 is 17.3 Å². The second-order valence-corrected chi connectivity index (χ2v) is 6.73. The Bertz CT molecular complexity index is 756. The molecule has 0 heterocycles. The molecule has 0 aliphatic carbocycles. The van der Waals surface area contributed by atoms with Crippen LogP contribution in [-0.4, -0.2) is 10.8 Å². The lowest BCUT2D eigenvalue weighted by atomic mass is 9.92. The Morgan fingerprint density at radius 1 is 1.00 bits per heavy atom. The van der Waals surface area contributed by atoms with Crippen LogP contribution in [0.1, 0.15) is 56.2 Å². The maximum absolute atomic E-state index is 12.6. The summed E-state index contributed by atoms with van der Waals surface area (Å²) < 4.78 is 0. The topological polar surface area (TPSA) is 72.2 Å². The van der Waals surface area contributed by atoms with Gasteiger partial charge in [0.05, 0.1) is 11.3 Å². The van der Waals surface area contributed by atoms with Gasteiger partial charge < -0.3 is 5.32 Å². The number of benzene rings is 2. The number of hydrogen-bond acceptors (Lipinski definition) is 3. The minimum Gasteiger partial charge on any atom is -0.325 e. The third-order valence-corrected chi connectivity index (χ3v) is 4.18. The highest BCUT2D eigenvalue weighted by Gasteiger charge is 2.19. The van der Waals surface area contributed by atoms with Gasteiger partial charge in [-0.25, -0.2) is 0 Å². The lowest BCUT2D eigenvalue weighted by Gasteiger charge is -2.20.